The number of nitrogens with zero attached hydrogens (tertiary/aromatic N) is 3. The fraction of sp³-hybridized carbons (Fsp3) is 0.250. The zero-order valence-corrected chi connectivity index (χ0v) is 16.8. The van der Waals surface area contributed by atoms with Crippen molar-refractivity contribution in [1.82, 2.24) is 14.5 Å². The molecule has 0 spiro atoms. The highest BCUT2D eigenvalue weighted by molar-refractivity contribution is 5.96. The second-order valence-electron chi connectivity index (χ2n) is 7.41. The summed E-state index contributed by atoms with van der Waals surface area (Å²) in [6, 6.07) is 19.9. The smallest absolute Gasteiger partial charge is 0.290 e. The van der Waals surface area contributed by atoms with E-state index in [-0.39, 0.29) is 11.9 Å². The van der Waals surface area contributed by atoms with Gasteiger partial charge in [0.25, 0.3) is 5.91 Å². The van der Waals surface area contributed by atoms with Crippen LogP contribution in [0.2, 0.25) is 0 Å². The van der Waals surface area contributed by atoms with Gasteiger partial charge in [-0.15, -0.1) is 0 Å². The molecule has 148 valence electrons. The molecule has 0 aliphatic rings. The van der Waals surface area contributed by atoms with Crippen LogP contribution in [0.25, 0.3) is 11.0 Å². The monoisotopic (exact) mass is 387 g/mol. The number of hydrogen-bond acceptors (Lipinski definition) is 3. The Morgan fingerprint density at radius 3 is 2.62 bits per heavy atom. The van der Waals surface area contributed by atoms with Crippen molar-refractivity contribution in [3.63, 3.8) is 0 Å². The van der Waals surface area contributed by atoms with Crippen LogP contribution < -0.4 is 0 Å². The zero-order valence-electron chi connectivity index (χ0n) is 16.8. The molecule has 5 nitrogen and oxygen atoms in total. The van der Waals surface area contributed by atoms with Crippen molar-refractivity contribution in [2.45, 2.75) is 32.4 Å². The van der Waals surface area contributed by atoms with Gasteiger partial charge in [-0.05, 0) is 37.5 Å². The van der Waals surface area contributed by atoms with Crippen molar-refractivity contribution < 1.29 is 9.21 Å². The Morgan fingerprint density at radius 1 is 1.14 bits per heavy atom. The minimum absolute atomic E-state index is 0.0348. The summed E-state index contributed by atoms with van der Waals surface area (Å²) >= 11 is 0. The molecule has 0 aliphatic heterocycles. The third kappa shape index (κ3) is 4.24. The van der Waals surface area contributed by atoms with Crippen LogP contribution in [0.5, 0.6) is 0 Å². The largest absolute Gasteiger partial charge is 0.451 e. The highest BCUT2D eigenvalue weighted by Crippen LogP contribution is 2.23. The lowest BCUT2D eigenvalue weighted by Gasteiger charge is -2.28. The van der Waals surface area contributed by atoms with E-state index >= 15 is 0 Å². The number of carbonyl (C=O) groups excluding carboxylic acids is 1. The molecule has 0 saturated heterocycles. The summed E-state index contributed by atoms with van der Waals surface area (Å²) in [6.45, 7) is 2.53. The molecule has 0 aliphatic carbocycles. The van der Waals surface area contributed by atoms with Crippen molar-refractivity contribution in [3.05, 3.63) is 90.2 Å². The number of rotatable bonds is 7. The summed E-state index contributed by atoms with van der Waals surface area (Å²) in [6.07, 6.45) is 5.43. The van der Waals surface area contributed by atoms with Crippen LogP contribution in [-0.4, -0.2) is 26.4 Å². The molecule has 4 aromatic rings. The van der Waals surface area contributed by atoms with E-state index in [1.807, 2.05) is 71.2 Å². The molecule has 2 aromatic heterocycles. The van der Waals surface area contributed by atoms with E-state index in [9.17, 15) is 4.79 Å². The molecule has 1 amide bonds. The first kappa shape index (κ1) is 19.0. The average molecular weight is 387 g/mol. The maximum atomic E-state index is 13.4. The Kier molecular flexibility index (Phi) is 5.47. The van der Waals surface area contributed by atoms with Crippen LogP contribution >= 0.6 is 0 Å². The summed E-state index contributed by atoms with van der Waals surface area (Å²) in [5.41, 5.74) is 2.00. The predicted octanol–water partition coefficient (Wildman–Crippen LogP) is 4.83. The number of imidazole rings is 1. The zero-order chi connectivity index (χ0) is 20.2. The lowest BCUT2D eigenvalue weighted by molar-refractivity contribution is 0.0629. The fourth-order valence-corrected chi connectivity index (χ4v) is 3.53. The maximum Gasteiger partial charge on any atom is 0.290 e. The minimum atomic E-state index is -0.107. The van der Waals surface area contributed by atoms with Crippen molar-refractivity contribution >= 4 is 16.9 Å². The van der Waals surface area contributed by atoms with Gasteiger partial charge in [0, 0.05) is 30.9 Å². The normalized spacial score (nSPS) is 12.2. The molecule has 29 heavy (non-hydrogen) atoms. The first-order valence-corrected chi connectivity index (χ1v) is 9.91. The van der Waals surface area contributed by atoms with E-state index in [0.29, 0.717) is 12.3 Å². The Balaban J connectivity index is 1.58. The lowest BCUT2D eigenvalue weighted by Crippen LogP contribution is -2.39. The average Bonchev–Trinajstić information content (AvgIpc) is 3.36. The summed E-state index contributed by atoms with van der Waals surface area (Å²) in [5, 5.41) is 0.935. The van der Waals surface area contributed by atoms with E-state index in [0.717, 1.165) is 29.6 Å². The molecule has 0 bridgehead atoms. The number of carbonyl (C=O) groups is 1. The Bertz CT molecular complexity index is 1060. The Hall–Kier alpha value is -3.34. The first-order chi connectivity index (χ1) is 14.1. The van der Waals surface area contributed by atoms with Gasteiger partial charge in [-0.3, -0.25) is 4.79 Å². The van der Waals surface area contributed by atoms with Crippen LogP contribution in [0, 0.1) is 0 Å². The minimum Gasteiger partial charge on any atom is -0.451 e. The van der Waals surface area contributed by atoms with Gasteiger partial charge in [-0.1, -0.05) is 48.5 Å². The molecule has 0 unspecified atom stereocenters. The summed E-state index contributed by atoms with van der Waals surface area (Å²) < 4.78 is 7.80. The number of amides is 1. The van der Waals surface area contributed by atoms with Crippen LogP contribution in [0.4, 0.5) is 0 Å². The SMILES string of the molecule is C[C@H](CCc1ccccc1)N(Cc1nccn1C)C(=O)c1cc2ccccc2o1. The molecule has 0 saturated carbocycles. The van der Waals surface area contributed by atoms with Crippen molar-refractivity contribution in [1.29, 1.82) is 0 Å². The number of benzene rings is 2. The Morgan fingerprint density at radius 2 is 1.90 bits per heavy atom. The molecular weight excluding hydrogens is 362 g/mol. The number of aromatic nitrogens is 2. The van der Waals surface area contributed by atoms with E-state index in [4.69, 9.17) is 4.42 Å². The summed E-state index contributed by atoms with van der Waals surface area (Å²) in [7, 11) is 1.95. The van der Waals surface area contributed by atoms with Gasteiger partial charge in [0.15, 0.2) is 5.76 Å². The fourth-order valence-electron chi connectivity index (χ4n) is 3.53. The number of hydrogen-bond donors (Lipinski definition) is 0. The highest BCUT2D eigenvalue weighted by atomic mass is 16.3. The predicted molar refractivity (Wildman–Crippen MR) is 114 cm³/mol. The number of furan rings is 1. The third-order valence-electron chi connectivity index (χ3n) is 5.36. The second kappa shape index (κ2) is 8.35. The van der Waals surface area contributed by atoms with E-state index in [1.54, 1.807) is 6.20 Å². The van der Waals surface area contributed by atoms with Crippen molar-refractivity contribution in [2.24, 2.45) is 7.05 Å². The molecule has 0 fully saturated rings. The second-order valence-corrected chi connectivity index (χ2v) is 7.41. The van der Waals surface area contributed by atoms with E-state index < -0.39 is 0 Å². The highest BCUT2D eigenvalue weighted by Gasteiger charge is 2.26. The summed E-state index contributed by atoms with van der Waals surface area (Å²) in [5.74, 6) is 1.11. The summed E-state index contributed by atoms with van der Waals surface area (Å²) in [4.78, 5) is 19.7. The van der Waals surface area contributed by atoms with Gasteiger partial charge < -0.3 is 13.9 Å². The van der Waals surface area contributed by atoms with Crippen LogP contribution in [0.1, 0.15) is 35.3 Å². The standard InChI is InChI=1S/C24H25N3O2/c1-18(12-13-19-8-4-3-5-9-19)27(17-23-25-14-15-26(23)2)24(28)22-16-20-10-6-7-11-21(20)29-22/h3-11,14-16,18H,12-13,17H2,1-2H3/t18-/m1/s1. The molecular formula is C24H25N3O2. The lowest BCUT2D eigenvalue weighted by atomic mass is 10.0. The van der Waals surface area contributed by atoms with Crippen molar-refractivity contribution in [3.8, 4) is 0 Å². The van der Waals surface area contributed by atoms with Gasteiger partial charge in [-0.2, -0.15) is 0 Å². The number of para-hydroxylation sites is 1. The maximum absolute atomic E-state index is 13.4. The molecule has 5 heteroatoms. The molecule has 1 atom stereocenters. The Labute approximate surface area is 170 Å². The number of fused-ring (bicyclic) bond motifs is 1. The van der Waals surface area contributed by atoms with Gasteiger partial charge in [0.2, 0.25) is 0 Å². The first-order valence-electron chi connectivity index (χ1n) is 9.91. The molecule has 0 radical (unpaired) electrons. The quantitative estimate of drug-likeness (QED) is 0.456. The van der Waals surface area contributed by atoms with Gasteiger partial charge in [0.1, 0.15) is 11.4 Å². The van der Waals surface area contributed by atoms with Gasteiger partial charge in [0.05, 0.1) is 6.54 Å². The van der Waals surface area contributed by atoms with E-state index in [2.05, 4.69) is 24.0 Å². The molecule has 2 heterocycles. The third-order valence-corrected chi connectivity index (χ3v) is 5.36. The topological polar surface area (TPSA) is 51.3 Å². The molecule has 0 N–H and O–H groups in total. The van der Waals surface area contributed by atoms with Crippen LogP contribution in [-0.2, 0) is 20.0 Å². The van der Waals surface area contributed by atoms with Crippen LogP contribution in [0.3, 0.4) is 0 Å². The van der Waals surface area contributed by atoms with Gasteiger partial charge >= 0.3 is 0 Å². The van der Waals surface area contributed by atoms with Gasteiger partial charge in [-0.25, -0.2) is 4.98 Å². The van der Waals surface area contributed by atoms with Crippen LogP contribution in [0.15, 0.2) is 77.5 Å². The molecule has 4 rings (SSSR count). The molecule has 2 aromatic carbocycles. The van der Waals surface area contributed by atoms with Crippen molar-refractivity contribution in [2.75, 3.05) is 0 Å². The number of aryl methyl sites for hydroxylation is 2. The van der Waals surface area contributed by atoms with E-state index in [1.165, 1.54) is 5.56 Å².